The molecule has 0 fully saturated rings. The molecule has 0 atom stereocenters. The highest BCUT2D eigenvalue weighted by atomic mass is 16.5. The van der Waals surface area contributed by atoms with Crippen LogP contribution in [0.25, 0.3) is 11.3 Å². The molecule has 0 amide bonds. The molecule has 0 unspecified atom stereocenters. The number of fused-ring (bicyclic) bond motifs is 1. The van der Waals surface area contributed by atoms with Gasteiger partial charge in [0.2, 0.25) is 0 Å². The topological polar surface area (TPSA) is 55.0 Å². The van der Waals surface area contributed by atoms with Gasteiger partial charge in [0.1, 0.15) is 5.75 Å². The fraction of sp³-hybridized carbons (Fsp3) is 0.167. The van der Waals surface area contributed by atoms with E-state index in [2.05, 4.69) is 9.97 Å². The Balaban J connectivity index is 2.10. The lowest BCUT2D eigenvalue weighted by Crippen LogP contribution is -2.04. The van der Waals surface area contributed by atoms with E-state index in [0.717, 1.165) is 24.3 Å². The third-order valence-electron chi connectivity index (χ3n) is 2.66. The number of ether oxygens (including phenoxy) is 1. The van der Waals surface area contributed by atoms with Crippen molar-refractivity contribution < 1.29 is 4.74 Å². The lowest BCUT2D eigenvalue weighted by atomic mass is 10.1. The van der Waals surface area contributed by atoms with Crippen molar-refractivity contribution in [3.63, 3.8) is 0 Å². The number of benzene rings is 1. The van der Waals surface area contributed by atoms with Crippen LogP contribution in [0.4, 0.5) is 0 Å². The molecule has 1 N–H and O–H groups in total. The van der Waals surface area contributed by atoms with E-state index in [9.17, 15) is 4.79 Å². The number of aromatic amines is 1. The summed E-state index contributed by atoms with van der Waals surface area (Å²) >= 11 is 0. The quantitative estimate of drug-likeness (QED) is 0.780. The fourth-order valence-electron chi connectivity index (χ4n) is 1.87. The average Bonchev–Trinajstić information content (AvgIpc) is 2.75. The van der Waals surface area contributed by atoms with Crippen molar-refractivity contribution in [1.29, 1.82) is 0 Å². The molecule has 4 nitrogen and oxygen atoms in total. The molecule has 2 heterocycles. The van der Waals surface area contributed by atoms with Gasteiger partial charge in [-0.3, -0.25) is 4.79 Å². The average molecular weight is 214 g/mol. The first-order valence-electron chi connectivity index (χ1n) is 5.14. The van der Waals surface area contributed by atoms with Gasteiger partial charge in [0.05, 0.1) is 18.6 Å². The second-order valence-corrected chi connectivity index (χ2v) is 3.72. The minimum Gasteiger partial charge on any atom is -0.493 e. The lowest BCUT2D eigenvalue weighted by molar-refractivity contribution is 0.357. The summed E-state index contributed by atoms with van der Waals surface area (Å²) in [7, 11) is 0. The maximum atomic E-state index is 11.2. The van der Waals surface area contributed by atoms with Crippen LogP contribution in [-0.4, -0.2) is 16.6 Å². The SMILES string of the molecule is O=c1cc(-c2ccc3c(c2)CCO3)nc[nH]1. The molecular weight excluding hydrogens is 204 g/mol. The summed E-state index contributed by atoms with van der Waals surface area (Å²) in [6.45, 7) is 0.738. The summed E-state index contributed by atoms with van der Waals surface area (Å²) in [6, 6.07) is 7.38. The minimum absolute atomic E-state index is 0.137. The van der Waals surface area contributed by atoms with Crippen molar-refractivity contribution in [1.82, 2.24) is 9.97 Å². The third-order valence-corrected chi connectivity index (χ3v) is 2.66. The summed E-state index contributed by atoms with van der Waals surface area (Å²) in [5.74, 6) is 0.939. The molecule has 4 heteroatoms. The Hall–Kier alpha value is -2.10. The highest BCUT2D eigenvalue weighted by molar-refractivity contribution is 5.62. The smallest absolute Gasteiger partial charge is 0.251 e. The van der Waals surface area contributed by atoms with Crippen molar-refractivity contribution >= 4 is 0 Å². The Kier molecular flexibility index (Phi) is 1.99. The predicted octanol–water partition coefficient (Wildman–Crippen LogP) is 1.37. The van der Waals surface area contributed by atoms with Gasteiger partial charge in [-0.1, -0.05) is 0 Å². The first kappa shape index (κ1) is 9.15. The number of nitrogens with one attached hydrogen (secondary N) is 1. The number of rotatable bonds is 1. The number of aromatic nitrogens is 2. The van der Waals surface area contributed by atoms with Gasteiger partial charge in [-0.05, 0) is 23.8 Å². The molecule has 0 saturated heterocycles. The van der Waals surface area contributed by atoms with Crippen LogP contribution in [0, 0.1) is 0 Å². The lowest BCUT2D eigenvalue weighted by Gasteiger charge is -2.02. The molecule has 16 heavy (non-hydrogen) atoms. The van der Waals surface area contributed by atoms with E-state index in [0.29, 0.717) is 5.69 Å². The molecule has 3 rings (SSSR count). The molecule has 2 aromatic rings. The summed E-state index contributed by atoms with van der Waals surface area (Å²) in [4.78, 5) is 17.8. The van der Waals surface area contributed by atoms with Gasteiger partial charge < -0.3 is 9.72 Å². The van der Waals surface area contributed by atoms with E-state index in [-0.39, 0.29) is 5.56 Å². The van der Waals surface area contributed by atoms with Gasteiger partial charge in [0, 0.05) is 18.1 Å². The minimum atomic E-state index is -0.137. The standard InChI is InChI=1S/C12H10N2O2/c15-12-6-10(13-7-14-12)8-1-2-11-9(5-8)3-4-16-11/h1-2,5-7H,3-4H2,(H,13,14,15). The second kappa shape index (κ2) is 3.48. The molecule has 1 aromatic carbocycles. The first-order valence-corrected chi connectivity index (χ1v) is 5.14. The number of hydrogen-bond donors (Lipinski definition) is 1. The van der Waals surface area contributed by atoms with Gasteiger partial charge in [0.15, 0.2) is 0 Å². The normalized spacial score (nSPS) is 13.2. The molecule has 1 aliphatic heterocycles. The van der Waals surface area contributed by atoms with Crippen LogP contribution < -0.4 is 10.3 Å². The number of nitrogens with zero attached hydrogens (tertiary/aromatic N) is 1. The zero-order chi connectivity index (χ0) is 11.0. The van der Waals surface area contributed by atoms with Crippen LogP contribution in [0.5, 0.6) is 5.75 Å². The van der Waals surface area contributed by atoms with Crippen molar-refractivity contribution in [2.45, 2.75) is 6.42 Å². The Labute approximate surface area is 91.9 Å². The van der Waals surface area contributed by atoms with Crippen molar-refractivity contribution in [2.24, 2.45) is 0 Å². The second-order valence-electron chi connectivity index (χ2n) is 3.72. The maximum Gasteiger partial charge on any atom is 0.251 e. The monoisotopic (exact) mass is 214 g/mol. The largest absolute Gasteiger partial charge is 0.493 e. The molecule has 0 spiro atoms. The van der Waals surface area contributed by atoms with Crippen LogP contribution in [-0.2, 0) is 6.42 Å². The van der Waals surface area contributed by atoms with Gasteiger partial charge in [-0.25, -0.2) is 4.98 Å². The van der Waals surface area contributed by atoms with E-state index in [4.69, 9.17) is 4.74 Å². The highest BCUT2D eigenvalue weighted by Gasteiger charge is 2.12. The Morgan fingerprint density at radius 1 is 1.31 bits per heavy atom. The molecule has 80 valence electrons. The zero-order valence-corrected chi connectivity index (χ0v) is 8.56. The zero-order valence-electron chi connectivity index (χ0n) is 8.56. The van der Waals surface area contributed by atoms with E-state index in [1.807, 2.05) is 18.2 Å². The van der Waals surface area contributed by atoms with Gasteiger partial charge >= 0.3 is 0 Å². The summed E-state index contributed by atoms with van der Waals surface area (Å²) < 4.78 is 5.42. The summed E-state index contributed by atoms with van der Waals surface area (Å²) in [6.07, 6.45) is 2.34. The van der Waals surface area contributed by atoms with Gasteiger partial charge in [-0.15, -0.1) is 0 Å². The molecule has 1 aromatic heterocycles. The van der Waals surface area contributed by atoms with Crippen LogP contribution in [0.2, 0.25) is 0 Å². The van der Waals surface area contributed by atoms with Crippen LogP contribution >= 0.6 is 0 Å². The van der Waals surface area contributed by atoms with Crippen molar-refractivity contribution in [3.8, 4) is 17.0 Å². The number of H-pyrrole nitrogens is 1. The predicted molar refractivity (Wildman–Crippen MR) is 59.5 cm³/mol. The molecule has 0 saturated carbocycles. The van der Waals surface area contributed by atoms with Crippen molar-refractivity contribution in [3.05, 3.63) is 46.5 Å². The Morgan fingerprint density at radius 3 is 3.12 bits per heavy atom. The Bertz CT molecular complexity index is 590. The summed E-state index contributed by atoms with van der Waals surface area (Å²) in [5.41, 5.74) is 2.69. The van der Waals surface area contributed by atoms with Crippen LogP contribution in [0.1, 0.15) is 5.56 Å². The van der Waals surface area contributed by atoms with Crippen LogP contribution in [0.15, 0.2) is 35.4 Å². The van der Waals surface area contributed by atoms with E-state index in [1.165, 1.54) is 18.0 Å². The van der Waals surface area contributed by atoms with E-state index >= 15 is 0 Å². The van der Waals surface area contributed by atoms with Crippen molar-refractivity contribution in [2.75, 3.05) is 6.61 Å². The highest BCUT2D eigenvalue weighted by Crippen LogP contribution is 2.29. The van der Waals surface area contributed by atoms with Crippen LogP contribution in [0.3, 0.4) is 0 Å². The molecule has 1 aliphatic rings. The van der Waals surface area contributed by atoms with E-state index in [1.54, 1.807) is 0 Å². The summed E-state index contributed by atoms with van der Waals surface area (Å²) in [5, 5.41) is 0. The van der Waals surface area contributed by atoms with E-state index < -0.39 is 0 Å². The fourth-order valence-corrected chi connectivity index (χ4v) is 1.87. The number of hydrogen-bond acceptors (Lipinski definition) is 3. The van der Waals surface area contributed by atoms with Gasteiger partial charge in [0.25, 0.3) is 5.56 Å². The molecule has 0 aliphatic carbocycles. The third kappa shape index (κ3) is 1.48. The molecule has 0 radical (unpaired) electrons. The maximum absolute atomic E-state index is 11.2. The first-order chi connectivity index (χ1) is 7.83. The Morgan fingerprint density at radius 2 is 2.25 bits per heavy atom. The van der Waals surface area contributed by atoms with Gasteiger partial charge in [-0.2, -0.15) is 0 Å². The molecule has 0 bridgehead atoms. The molecular formula is C12H10N2O2.